The highest BCUT2D eigenvalue weighted by Crippen LogP contribution is 2.32. The topological polar surface area (TPSA) is 18.5 Å². The van der Waals surface area contributed by atoms with E-state index in [4.69, 9.17) is 0 Å². The number of anilines is 1. The molecule has 0 aromatic heterocycles. The van der Waals surface area contributed by atoms with Crippen LogP contribution in [0, 0.1) is 5.92 Å². The van der Waals surface area contributed by atoms with Crippen LogP contribution in [0.4, 0.5) is 5.69 Å². The first kappa shape index (κ1) is 13.9. The molecule has 20 heavy (non-hydrogen) atoms. The summed E-state index contributed by atoms with van der Waals surface area (Å²) in [6.45, 7) is 6.13. The van der Waals surface area contributed by atoms with E-state index in [9.17, 15) is 0 Å². The number of para-hydroxylation sites is 1. The second-order valence-electron chi connectivity index (χ2n) is 6.67. The van der Waals surface area contributed by atoms with Crippen LogP contribution in [-0.2, 0) is 0 Å². The molecule has 110 valence electrons. The van der Waals surface area contributed by atoms with Gasteiger partial charge in [0.1, 0.15) is 0 Å². The lowest BCUT2D eigenvalue weighted by molar-refractivity contribution is 0.157. The molecule has 0 bridgehead atoms. The highest BCUT2D eigenvalue weighted by molar-refractivity contribution is 5.57. The summed E-state index contributed by atoms with van der Waals surface area (Å²) in [5, 5.41) is 3.54. The van der Waals surface area contributed by atoms with Crippen molar-refractivity contribution in [3.8, 4) is 0 Å². The Labute approximate surface area is 123 Å². The van der Waals surface area contributed by atoms with Gasteiger partial charge in [0.15, 0.2) is 0 Å². The molecule has 0 saturated carbocycles. The van der Waals surface area contributed by atoms with E-state index < -0.39 is 0 Å². The van der Waals surface area contributed by atoms with Crippen molar-refractivity contribution < 1.29 is 0 Å². The van der Waals surface area contributed by atoms with Crippen molar-refractivity contribution in [2.45, 2.75) is 18.8 Å². The highest BCUT2D eigenvalue weighted by Gasteiger charge is 2.26. The first-order valence-electron chi connectivity index (χ1n) is 7.92. The number of hydrogen-bond donors (Lipinski definition) is 1. The number of nitrogens with zero attached hydrogens (tertiary/aromatic N) is 2. The van der Waals surface area contributed by atoms with Crippen molar-refractivity contribution in [3.05, 3.63) is 29.8 Å². The largest absolute Gasteiger partial charge is 0.384 e. The average Bonchev–Trinajstić information content (AvgIpc) is 2.84. The molecule has 1 aromatic carbocycles. The minimum absolute atomic E-state index is 0.677. The van der Waals surface area contributed by atoms with E-state index in [2.05, 4.69) is 53.5 Å². The average molecular weight is 273 g/mol. The number of nitrogens with one attached hydrogen (secondary N) is 1. The van der Waals surface area contributed by atoms with Crippen molar-refractivity contribution in [1.82, 2.24) is 9.80 Å². The summed E-state index contributed by atoms with van der Waals surface area (Å²) in [6.07, 6.45) is 2.72. The summed E-state index contributed by atoms with van der Waals surface area (Å²) >= 11 is 0. The van der Waals surface area contributed by atoms with Crippen LogP contribution in [0.5, 0.6) is 0 Å². The van der Waals surface area contributed by atoms with Crippen molar-refractivity contribution >= 4 is 5.69 Å². The summed E-state index contributed by atoms with van der Waals surface area (Å²) in [4.78, 5) is 5.00. The summed E-state index contributed by atoms with van der Waals surface area (Å²) in [6, 6.07) is 8.79. The number of benzene rings is 1. The van der Waals surface area contributed by atoms with Gasteiger partial charge in [0, 0.05) is 31.2 Å². The molecule has 2 aliphatic rings. The van der Waals surface area contributed by atoms with E-state index in [1.54, 1.807) is 0 Å². The van der Waals surface area contributed by atoms with Gasteiger partial charge in [-0.15, -0.1) is 0 Å². The molecule has 1 fully saturated rings. The maximum Gasteiger partial charge on any atom is 0.0376 e. The molecule has 1 N–H and O–H groups in total. The Morgan fingerprint density at radius 1 is 1.20 bits per heavy atom. The molecule has 0 radical (unpaired) electrons. The first-order valence-corrected chi connectivity index (χ1v) is 7.92. The van der Waals surface area contributed by atoms with E-state index in [0.29, 0.717) is 5.92 Å². The Hall–Kier alpha value is -1.06. The van der Waals surface area contributed by atoms with Gasteiger partial charge in [-0.2, -0.15) is 0 Å². The van der Waals surface area contributed by atoms with Crippen LogP contribution in [0.25, 0.3) is 0 Å². The van der Waals surface area contributed by atoms with Gasteiger partial charge in [-0.3, -0.25) is 0 Å². The van der Waals surface area contributed by atoms with Crippen LogP contribution >= 0.6 is 0 Å². The molecule has 0 spiro atoms. The Kier molecular flexibility index (Phi) is 4.27. The lowest BCUT2D eigenvalue weighted by Gasteiger charge is -2.34. The molecule has 0 aliphatic carbocycles. The smallest absolute Gasteiger partial charge is 0.0376 e. The van der Waals surface area contributed by atoms with Gasteiger partial charge in [-0.05, 0) is 57.6 Å². The fourth-order valence-corrected chi connectivity index (χ4v) is 3.70. The maximum atomic E-state index is 3.54. The molecular weight excluding hydrogens is 246 g/mol. The molecule has 1 saturated heterocycles. The van der Waals surface area contributed by atoms with E-state index >= 15 is 0 Å². The van der Waals surface area contributed by atoms with Crippen LogP contribution in [0.15, 0.2) is 24.3 Å². The number of rotatable bonds is 4. The van der Waals surface area contributed by atoms with Crippen molar-refractivity contribution in [2.24, 2.45) is 5.92 Å². The second kappa shape index (κ2) is 6.15. The summed E-state index contributed by atoms with van der Waals surface area (Å²) in [5.74, 6) is 1.58. The normalized spacial score (nSPS) is 23.9. The van der Waals surface area contributed by atoms with Gasteiger partial charge in [0.05, 0.1) is 0 Å². The fourth-order valence-electron chi connectivity index (χ4n) is 3.70. The third-order valence-corrected chi connectivity index (χ3v) is 4.75. The van der Waals surface area contributed by atoms with E-state index in [1.165, 1.54) is 50.3 Å². The molecule has 3 rings (SSSR count). The monoisotopic (exact) mass is 273 g/mol. The van der Waals surface area contributed by atoms with Crippen LogP contribution in [-0.4, -0.2) is 56.6 Å². The molecule has 1 aromatic rings. The zero-order chi connectivity index (χ0) is 13.9. The maximum absolute atomic E-state index is 3.54. The van der Waals surface area contributed by atoms with Gasteiger partial charge in [0.2, 0.25) is 0 Å². The van der Waals surface area contributed by atoms with Crippen LogP contribution in [0.3, 0.4) is 0 Å². The minimum atomic E-state index is 0.677. The number of likely N-dealkylation sites (tertiary alicyclic amines) is 1. The molecule has 0 amide bonds. The zero-order valence-electron chi connectivity index (χ0n) is 12.8. The predicted molar refractivity (Wildman–Crippen MR) is 85.4 cm³/mol. The predicted octanol–water partition coefficient (Wildman–Crippen LogP) is 2.47. The Balaban J connectivity index is 1.51. The first-order chi connectivity index (χ1) is 9.72. The molecule has 3 heteroatoms. The Morgan fingerprint density at radius 2 is 1.95 bits per heavy atom. The van der Waals surface area contributed by atoms with Crippen LogP contribution in [0.1, 0.15) is 24.3 Å². The Bertz CT molecular complexity index is 436. The molecule has 3 nitrogen and oxygen atoms in total. The third-order valence-electron chi connectivity index (χ3n) is 4.75. The van der Waals surface area contributed by atoms with Gasteiger partial charge in [-0.25, -0.2) is 0 Å². The highest BCUT2D eigenvalue weighted by atomic mass is 15.1. The molecule has 1 unspecified atom stereocenters. The molecular formula is C17H27N3. The summed E-state index contributed by atoms with van der Waals surface area (Å²) in [5.41, 5.74) is 2.86. The van der Waals surface area contributed by atoms with Gasteiger partial charge in [0.25, 0.3) is 0 Å². The lowest BCUT2D eigenvalue weighted by atomic mass is 9.94. The second-order valence-corrected chi connectivity index (χ2v) is 6.67. The van der Waals surface area contributed by atoms with Crippen LogP contribution < -0.4 is 5.32 Å². The standard InChI is InChI=1S/C17H27N3/c1-19(2)12-14-7-9-20(10-8-14)13-15-11-18-17-6-4-3-5-16(15)17/h3-6,14-15,18H,7-13H2,1-2H3. The van der Waals surface area contributed by atoms with Gasteiger partial charge < -0.3 is 15.1 Å². The number of hydrogen-bond acceptors (Lipinski definition) is 3. The quantitative estimate of drug-likeness (QED) is 0.909. The SMILES string of the molecule is CN(C)CC1CCN(CC2CNc3ccccc32)CC1. The molecule has 1 atom stereocenters. The molecule has 2 aliphatic heterocycles. The molecule has 2 heterocycles. The third kappa shape index (κ3) is 3.15. The van der Waals surface area contributed by atoms with E-state index in [-0.39, 0.29) is 0 Å². The zero-order valence-corrected chi connectivity index (χ0v) is 12.8. The lowest BCUT2D eigenvalue weighted by Crippen LogP contribution is -2.39. The van der Waals surface area contributed by atoms with Crippen molar-refractivity contribution in [1.29, 1.82) is 0 Å². The number of fused-ring (bicyclic) bond motifs is 1. The summed E-state index contributed by atoms with van der Waals surface area (Å²) in [7, 11) is 4.38. The van der Waals surface area contributed by atoms with Crippen molar-refractivity contribution in [2.75, 3.05) is 52.1 Å². The Morgan fingerprint density at radius 3 is 2.70 bits per heavy atom. The van der Waals surface area contributed by atoms with E-state index in [0.717, 1.165) is 12.5 Å². The summed E-state index contributed by atoms with van der Waals surface area (Å²) < 4.78 is 0. The van der Waals surface area contributed by atoms with E-state index in [1.807, 2.05) is 0 Å². The van der Waals surface area contributed by atoms with Crippen LogP contribution in [0.2, 0.25) is 0 Å². The van der Waals surface area contributed by atoms with Gasteiger partial charge >= 0.3 is 0 Å². The number of piperidine rings is 1. The van der Waals surface area contributed by atoms with Crippen molar-refractivity contribution in [3.63, 3.8) is 0 Å². The minimum Gasteiger partial charge on any atom is -0.384 e. The fraction of sp³-hybridized carbons (Fsp3) is 0.647. The van der Waals surface area contributed by atoms with Gasteiger partial charge in [-0.1, -0.05) is 18.2 Å².